The summed E-state index contributed by atoms with van der Waals surface area (Å²) in [6.07, 6.45) is 3.77. The maximum Gasteiger partial charge on any atom is 0.315 e. The largest absolute Gasteiger partial charge is 0.486 e. The van der Waals surface area contributed by atoms with Crippen molar-refractivity contribution in [3.05, 3.63) is 45.4 Å². The lowest BCUT2D eigenvalue weighted by molar-refractivity contribution is 0.0911. The van der Waals surface area contributed by atoms with Gasteiger partial charge in [0.25, 0.3) is 5.91 Å². The number of nitrogens with one attached hydrogen (secondary N) is 3. The van der Waals surface area contributed by atoms with Gasteiger partial charge in [-0.15, -0.1) is 11.3 Å². The van der Waals surface area contributed by atoms with E-state index in [1.54, 1.807) is 5.38 Å². The van der Waals surface area contributed by atoms with Crippen LogP contribution in [0.25, 0.3) is 0 Å². The van der Waals surface area contributed by atoms with Gasteiger partial charge in [0.1, 0.15) is 23.1 Å². The average molecular weight is 431 g/mol. The van der Waals surface area contributed by atoms with Crippen molar-refractivity contribution in [3.8, 4) is 5.75 Å². The first-order valence-electron chi connectivity index (χ1n) is 10.5. The molecule has 3 rings (SSSR count). The Morgan fingerprint density at radius 3 is 2.43 bits per heavy atom. The molecular formula is C22H30N4O3S. The number of aromatic nitrogens is 1. The molecule has 0 unspecified atom stereocenters. The zero-order valence-electron chi connectivity index (χ0n) is 17.8. The third-order valence-electron chi connectivity index (χ3n) is 5.08. The first-order valence-corrected chi connectivity index (χ1v) is 11.3. The molecule has 1 aliphatic rings. The van der Waals surface area contributed by atoms with Crippen LogP contribution in [0.2, 0.25) is 0 Å². The van der Waals surface area contributed by atoms with Gasteiger partial charge in [-0.3, -0.25) is 4.79 Å². The molecular weight excluding hydrogens is 400 g/mol. The van der Waals surface area contributed by atoms with E-state index < -0.39 is 0 Å². The zero-order valence-corrected chi connectivity index (χ0v) is 18.6. The molecule has 8 heteroatoms. The van der Waals surface area contributed by atoms with E-state index in [9.17, 15) is 9.59 Å². The fraction of sp³-hybridized carbons (Fsp3) is 0.500. The number of hydrogen-bond acceptors (Lipinski definition) is 5. The third-order valence-corrected chi connectivity index (χ3v) is 5.90. The normalized spacial score (nSPS) is 18.5. The lowest BCUT2D eigenvalue weighted by Gasteiger charge is -2.32. The summed E-state index contributed by atoms with van der Waals surface area (Å²) in [5, 5.41) is 11.3. The Balaban J connectivity index is 1.56. The van der Waals surface area contributed by atoms with Crippen molar-refractivity contribution in [2.75, 3.05) is 6.54 Å². The summed E-state index contributed by atoms with van der Waals surface area (Å²) in [6.45, 7) is 6.84. The number of thiazole rings is 1. The van der Waals surface area contributed by atoms with Crippen molar-refractivity contribution < 1.29 is 14.3 Å². The Bertz CT molecular complexity index is 863. The third kappa shape index (κ3) is 6.19. The maximum atomic E-state index is 12.7. The Labute approximate surface area is 181 Å². The van der Waals surface area contributed by atoms with Crippen LogP contribution in [0.1, 0.15) is 59.2 Å². The highest BCUT2D eigenvalue weighted by Gasteiger charge is 2.28. The summed E-state index contributed by atoms with van der Waals surface area (Å²) in [7, 11) is 0. The molecule has 1 aromatic carbocycles. The van der Waals surface area contributed by atoms with Crippen molar-refractivity contribution in [1.82, 2.24) is 20.9 Å². The fourth-order valence-corrected chi connectivity index (χ4v) is 4.43. The monoisotopic (exact) mass is 430 g/mol. The van der Waals surface area contributed by atoms with E-state index in [0.717, 1.165) is 47.6 Å². The van der Waals surface area contributed by atoms with Crippen molar-refractivity contribution in [3.63, 3.8) is 0 Å². The molecule has 0 saturated heterocycles. The van der Waals surface area contributed by atoms with Gasteiger partial charge in [-0.2, -0.15) is 0 Å². The lowest BCUT2D eigenvalue weighted by atomic mass is 9.90. The number of ether oxygens (including phenoxy) is 1. The molecule has 3 N–H and O–H groups in total. The number of amides is 3. The minimum Gasteiger partial charge on any atom is -0.486 e. The Morgan fingerprint density at radius 2 is 1.77 bits per heavy atom. The number of hydrogen-bond donors (Lipinski definition) is 3. The van der Waals surface area contributed by atoms with Gasteiger partial charge in [0.2, 0.25) is 0 Å². The Hall–Kier alpha value is -2.61. The van der Waals surface area contributed by atoms with Crippen LogP contribution in [-0.4, -0.2) is 35.6 Å². The van der Waals surface area contributed by atoms with E-state index >= 15 is 0 Å². The fourth-order valence-electron chi connectivity index (χ4n) is 3.74. The van der Waals surface area contributed by atoms with Gasteiger partial charge in [-0.05, 0) is 56.9 Å². The lowest BCUT2D eigenvalue weighted by Crippen LogP contribution is -2.55. The SMILES string of the molecule is CCNC(=O)N[C@@H]1CCCC[C@H]1NC(=O)c1csc(COc2cc(C)cc(C)c2)n1. The zero-order chi connectivity index (χ0) is 21.5. The molecule has 1 aromatic heterocycles. The molecule has 1 aliphatic carbocycles. The number of aryl methyl sites for hydroxylation is 2. The second-order valence-electron chi connectivity index (χ2n) is 7.71. The highest BCUT2D eigenvalue weighted by atomic mass is 32.1. The number of rotatable bonds is 7. The predicted molar refractivity (Wildman–Crippen MR) is 118 cm³/mol. The average Bonchev–Trinajstić information content (AvgIpc) is 3.17. The highest BCUT2D eigenvalue weighted by Crippen LogP contribution is 2.21. The predicted octanol–water partition coefficient (Wildman–Crippen LogP) is 3.70. The topological polar surface area (TPSA) is 92.4 Å². The summed E-state index contributed by atoms with van der Waals surface area (Å²) in [5.41, 5.74) is 2.68. The quantitative estimate of drug-likeness (QED) is 0.625. The van der Waals surface area contributed by atoms with Crippen LogP contribution in [0.5, 0.6) is 5.75 Å². The first-order chi connectivity index (χ1) is 14.4. The van der Waals surface area contributed by atoms with Crippen molar-refractivity contribution in [1.29, 1.82) is 0 Å². The van der Waals surface area contributed by atoms with E-state index in [-0.39, 0.29) is 24.0 Å². The van der Waals surface area contributed by atoms with E-state index in [4.69, 9.17) is 4.74 Å². The van der Waals surface area contributed by atoms with E-state index in [0.29, 0.717) is 18.8 Å². The summed E-state index contributed by atoms with van der Waals surface area (Å²) >= 11 is 1.41. The summed E-state index contributed by atoms with van der Waals surface area (Å²) in [4.78, 5) is 29.0. The number of carbonyl (C=O) groups is 2. The molecule has 7 nitrogen and oxygen atoms in total. The Kier molecular flexibility index (Phi) is 7.68. The van der Waals surface area contributed by atoms with Gasteiger partial charge in [0.05, 0.1) is 6.04 Å². The maximum absolute atomic E-state index is 12.7. The van der Waals surface area contributed by atoms with E-state index in [1.807, 2.05) is 32.9 Å². The van der Waals surface area contributed by atoms with Gasteiger partial charge in [0.15, 0.2) is 0 Å². The molecule has 162 valence electrons. The van der Waals surface area contributed by atoms with Crippen molar-refractivity contribution in [2.45, 2.75) is 65.1 Å². The van der Waals surface area contributed by atoms with Gasteiger partial charge < -0.3 is 20.7 Å². The summed E-state index contributed by atoms with van der Waals surface area (Å²) in [6, 6.07) is 5.71. The standard InChI is InChI=1S/C22H30N4O3S/c1-4-23-22(28)26-18-8-6-5-7-17(18)25-21(27)19-13-30-20(24-19)12-29-16-10-14(2)9-15(3)11-16/h9-11,13,17-18H,4-8,12H2,1-3H3,(H,25,27)(H2,23,26,28)/t17-,18-/m1/s1. The van der Waals surface area contributed by atoms with Crippen LogP contribution in [0.4, 0.5) is 4.79 Å². The highest BCUT2D eigenvalue weighted by molar-refractivity contribution is 7.09. The number of benzene rings is 1. The molecule has 0 spiro atoms. The second kappa shape index (κ2) is 10.4. The Morgan fingerprint density at radius 1 is 1.10 bits per heavy atom. The smallest absolute Gasteiger partial charge is 0.315 e. The molecule has 1 fully saturated rings. The van der Waals surface area contributed by atoms with Crippen molar-refractivity contribution in [2.24, 2.45) is 0 Å². The summed E-state index contributed by atoms with van der Waals surface area (Å²) < 4.78 is 5.84. The molecule has 2 aromatic rings. The molecule has 0 aliphatic heterocycles. The molecule has 0 bridgehead atoms. The van der Waals surface area contributed by atoms with E-state index in [2.05, 4.69) is 27.0 Å². The molecule has 1 heterocycles. The minimum atomic E-state index is -0.210. The van der Waals surface area contributed by atoms with Gasteiger partial charge in [0, 0.05) is 18.0 Å². The van der Waals surface area contributed by atoms with Gasteiger partial charge in [-0.25, -0.2) is 9.78 Å². The molecule has 1 saturated carbocycles. The van der Waals surface area contributed by atoms with E-state index in [1.165, 1.54) is 11.3 Å². The molecule has 0 radical (unpaired) electrons. The van der Waals surface area contributed by atoms with Crippen LogP contribution >= 0.6 is 11.3 Å². The minimum absolute atomic E-state index is 0.0692. The number of carbonyl (C=O) groups excluding carboxylic acids is 2. The van der Waals surface area contributed by atoms with Crippen LogP contribution in [0.3, 0.4) is 0 Å². The first kappa shape index (κ1) is 22.1. The molecule has 30 heavy (non-hydrogen) atoms. The van der Waals surface area contributed by atoms with Gasteiger partial charge in [-0.1, -0.05) is 18.9 Å². The van der Waals surface area contributed by atoms with Crippen molar-refractivity contribution >= 4 is 23.3 Å². The second-order valence-corrected chi connectivity index (χ2v) is 8.66. The van der Waals surface area contributed by atoms with Gasteiger partial charge >= 0.3 is 6.03 Å². The number of urea groups is 1. The van der Waals surface area contributed by atoms with Crippen LogP contribution < -0.4 is 20.7 Å². The number of nitrogens with zero attached hydrogens (tertiary/aromatic N) is 1. The molecule has 2 atom stereocenters. The van der Waals surface area contributed by atoms with Crippen LogP contribution in [-0.2, 0) is 6.61 Å². The van der Waals surface area contributed by atoms with Crippen LogP contribution in [0.15, 0.2) is 23.6 Å². The summed E-state index contributed by atoms with van der Waals surface area (Å²) in [5.74, 6) is 0.591. The van der Waals surface area contributed by atoms with Crippen LogP contribution in [0, 0.1) is 13.8 Å². The molecule has 3 amide bonds.